The van der Waals surface area contributed by atoms with E-state index in [2.05, 4.69) is 134 Å². The summed E-state index contributed by atoms with van der Waals surface area (Å²) in [5.41, 5.74) is 11.5. The quantitative estimate of drug-likeness (QED) is 0.278. The third-order valence-corrected chi connectivity index (χ3v) is 6.81. The fourth-order valence-corrected chi connectivity index (χ4v) is 5.42. The molecule has 0 saturated heterocycles. The minimum atomic E-state index is -0.342. The summed E-state index contributed by atoms with van der Waals surface area (Å²) in [6.45, 7) is 2.18. The van der Waals surface area contributed by atoms with Crippen molar-refractivity contribution in [1.82, 2.24) is 0 Å². The predicted octanol–water partition coefficient (Wildman–Crippen LogP) is 8.03. The fraction of sp³-hybridized carbons (Fsp3) is 0.0625. The normalized spacial score (nSPS) is 13.4. The van der Waals surface area contributed by atoms with Crippen LogP contribution in [0.3, 0.4) is 0 Å². The summed E-state index contributed by atoms with van der Waals surface area (Å²) in [6.07, 6.45) is 0. The highest BCUT2D eigenvalue weighted by molar-refractivity contribution is 5.88. The van der Waals surface area contributed by atoms with E-state index < -0.39 is 0 Å². The summed E-state index contributed by atoms with van der Waals surface area (Å²) in [5.74, 6) is 0. The molecule has 0 nitrogen and oxygen atoms in total. The van der Waals surface area contributed by atoms with Gasteiger partial charge in [-0.2, -0.15) is 0 Å². The molecule has 0 amide bonds. The zero-order valence-electron chi connectivity index (χ0n) is 18.1. The van der Waals surface area contributed by atoms with Crippen LogP contribution in [0.5, 0.6) is 0 Å². The maximum absolute atomic E-state index is 2.42. The highest BCUT2D eigenvalue weighted by atomic mass is 14.5. The molecule has 0 aromatic heterocycles. The lowest BCUT2D eigenvalue weighted by molar-refractivity contribution is 0.768. The topological polar surface area (TPSA) is 0 Å². The molecule has 0 N–H and O–H groups in total. The average molecular weight is 409 g/mol. The van der Waals surface area contributed by atoms with Crippen molar-refractivity contribution in [3.63, 3.8) is 0 Å². The molecule has 0 heteroatoms. The van der Waals surface area contributed by atoms with Gasteiger partial charge in [0, 0.05) is 0 Å². The van der Waals surface area contributed by atoms with Crippen LogP contribution in [0.2, 0.25) is 0 Å². The highest BCUT2D eigenvalue weighted by Gasteiger charge is 2.46. The first-order chi connectivity index (χ1) is 15.8. The Morgan fingerprint density at radius 1 is 0.438 bits per heavy atom. The minimum Gasteiger partial charge on any atom is -0.0622 e. The number of rotatable bonds is 3. The van der Waals surface area contributed by atoms with Crippen molar-refractivity contribution in [1.29, 1.82) is 0 Å². The van der Waals surface area contributed by atoms with Gasteiger partial charge in [0.25, 0.3) is 0 Å². The van der Waals surface area contributed by atoms with Gasteiger partial charge >= 0.3 is 0 Å². The van der Waals surface area contributed by atoms with E-state index in [1.807, 2.05) is 0 Å². The van der Waals surface area contributed by atoms with E-state index in [-0.39, 0.29) is 5.41 Å². The maximum atomic E-state index is 2.42. The largest absolute Gasteiger partial charge is 0.0713 e. The van der Waals surface area contributed by atoms with Gasteiger partial charge in [0.2, 0.25) is 0 Å². The van der Waals surface area contributed by atoms with Gasteiger partial charge in [0.15, 0.2) is 0 Å². The molecular weight excluding hydrogens is 384 g/mol. The summed E-state index contributed by atoms with van der Waals surface area (Å²) in [7, 11) is 0. The maximum Gasteiger partial charge on any atom is 0.0713 e. The van der Waals surface area contributed by atoms with E-state index in [0.29, 0.717) is 0 Å². The molecule has 0 bridgehead atoms. The summed E-state index contributed by atoms with van der Waals surface area (Å²) >= 11 is 0. The van der Waals surface area contributed by atoms with E-state index in [4.69, 9.17) is 0 Å². The Bertz CT molecular complexity index is 1360. The number of hydrogen-bond donors (Lipinski definition) is 0. The third kappa shape index (κ3) is 2.70. The lowest BCUT2D eigenvalue weighted by Gasteiger charge is -2.34. The molecule has 1 aliphatic rings. The monoisotopic (exact) mass is 408 g/mol. The summed E-state index contributed by atoms with van der Waals surface area (Å²) < 4.78 is 0. The summed E-state index contributed by atoms with van der Waals surface area (Å²) in [4.78, 5) is 0. The molecule has 5 aromatic carbocycles. The van der Waals surface area contributed by atoms with Gasteiger partial charge < -0.3 is 0 Å². The Hall–Kier alpha value is -3.90. The van der Waals surface area contributed by atoms with Crippen LogP contribution < -0.4 is 0 Å². The first-order valence-electron chi connectivity index (χ1n) is 11.2. The molecule has 0 saturated carbocycles. The molecule has 0 heterocycles. The van der Waals surface area contributed by atoms with Crippen LogP contribution in [0.25, 0.3) is 22.3 Å². The second-order valence-electron chi connectivity index (χ2n) is 8.66. The van der Waals surface area contributed by atoms with Gasteiger partial charge in [-0.25, -0.2) is 0 Å². The van der Waals surface area contributed by atoms with Crippen LogP contribution in [-0.2, 0) is 5.41 Å². The van der Waals surface area contributed by atoms with Crippen LogP contribution in [0, 0.1) is 6.92 Å². The highest BCUT2D eigenvalue weighted by Crippen LogP contribution is 2.56. The SMILES string of the molecule is Cc1ccc2c(c1)-c1ccc(-c3ccccc3)cc1C2(c1ccccc1)c1ccccc1. The smallest absolute Gasteiger partial charge is 0.0622 e. The van der Waals surface area contributed by atoms with Crippen molar-refractivity contribution >= 4 is 0 Å². The van der Waals surface area contributed by atoms with Gasteiger partial charge in [0.1, 0.15) is 0 Å². The van der Waals surface area contributed by atoms with E-state index in [1.165, 1.54) is 50.1 Å². The van der Waals surface area contributed by atoms with E-state index in [9.17, 15) is 0 Å². The molecule has 0 radical (unpaired) electrons. The molecule has 1 aliphatic carbocycles. The lowest BCUT2D eigenvalue weighted by atomic mass is 9.67. The molecule has 152 valence electrons. The van der Waals surface area contributed by atoms with Crippen molar-refractivity contribution in [3.05, 3.63) is 155 Å². The molecule has 5 aromatic rings. The minimum absolute atomic E-state index is 0.342. The van der Waals surface area contributed by atoms with Gasteiger partial charge in [-0.05, 0) is 57.5 Å². The number of benzene rings is 5. The second-order valence-corrected chi connectivity index (χ2v) is 8.66. The molecule has 0 aliphatic heterocycles. The summed E-state index contributed by atoms with van der Waals surface area (Å²) in [6, 6.07) is 46.6. The third-order valence-electron chi connectivity index (χ3n) is 6.81. The Kier molecular flexibility index (Phi) is 4.33. The Balaban J connectivity index is 1.75. The molecule has 32 heavy (non-hydrogen) atoms. The average Bonchev–Trinajstić information content (AvgIpc) is 3.15. The second kappa shape index (κ2) is 7.35. The van der Waals surface area contributed by atoms with Gasteiger partial charge in [-0.3, -0.25) is 0 Å². The van der Waals surface area contributed by atoms with Crippen LogP contribution >= 0.6 is 0 Å². The van der Waals surface area contributed by atoms with Gasteiger partial charge in [-0.1, -0.05) is 127 Å². The van der Waals surface area contributed by atoms with Crippen molar-refractivity contribution in [2.75, 3.05) is 0 Å². The van der Waals surface area contributed by atoms with E-state index in [1.54, 1.807) is 0 Å². The lowest BCUT2D eigenvalue weighted by Crippen LogP contribution is -2.28. The standard InChI is InChI=1S/C32H24/c1-23-17-20-30-29(21-23)28-19-18-25(24-11-5-2-6-12-24)22-31(28)32(30,26-13-7-3-8-14-26)27-15-9-4-10-16-27/h2-22H,1H3. The van der Waals surface area contributed by atoms with Crippen LogP contribution in [0.15, 0.2) is 127 Å². The zero-order valence-corrected chi connectivity index (χ0v) is 18.1. The van der Waals surface area contributed by atoms with Crippen LogP contribution in [-0.4, -0.2) is 0 Å². The molecular formula is C32H24. The predicted molar refractivity (Wildman–Crippen MR) is 134 cm³/mol. The van der Waals surface area contributed by atoms with Crippen LogP contribution in [0.1, 0.15) is 27.8 Å². The van der Waals surface area contributed by atoms with Crippen molar-refractivity contribution in [2.24, 2.45) is 0 Å². The Labute approximate surface area is 189 Å². The molecule has 0 atom stereocenters. The van der Waals surface area contributed by atoms with Crippen molar-refractivity contribution < 1.29 is 0 Å². The van der Waals surface area contributed by atoms with E-state index >= 15 is 0 Å². The Morgan fingerprint density at radius 2 is 1.03 bits per heavy atom. The molecule has 0 spiro atoms. The van der Waals surface area contributed by atoms with Gasteiger partial charge in [0.05, 0.1) is 5.41 Å². The molecule has 0 fully saturated rings. The molecule has 6 rings (SSSR count). The first kappa shape index (κ1) is 18.8. The number of aryl methyl sites for hydroxylation is 1. The number of fused-ring (bicyclic) bond motifs is 3. The Morgan fingerprint density at radius 3 is 1.66 bits per heavy atom. The molecule has 0 unspecified atom stereocenters. The van der Waals surface area contributed by atoms with Crippen molar-refractivity contribution in [2.45, 2.75) is 12.3 Å². The zero-order chi connectivity index (χ0) is 21.5. The first-order valence-corrected chi connectivity index (χ1v) is 11.2. The van der Waals surface area contributed by atoms with Crippen molar-refractivity contribution in [3.8, 4) is 22.3 Å². The fourth-order valence-electron chi connectivity index (χ4n) is 5.42. The van der Waals surface area contributed by atoms with E-state index in [0.717, 1.165) is 0 Å². The number of hydrogen-bond acceptors (Lipinski definition) is 0. The van der Waals surface area contributed by atoms with Gasteiger partial charge in [-0.15, -0.1) is 0 Å². The summed E-state index contributed by atoms with van der Waals surface area (Å²) in [5, 5.41) is 0. The van der Waals surface area contributed by atoms with Crippen LogP contribution in [0.4, 0.5) is 0 Å².